The molecule has 1 amide bonds. The molecule has 0 radical (unpaired) electrons. The van der Waals surface area contributed by atoms with Crippen molar-refractivity contribution in [2.75, 3.05) is 13.2 Å². The molecule has 0 aromatic carbocycles. The summed E-state index contributed by atoms with van der Waals surface area (Å²) in [6, 6.07) is 0.0718. The average molecular weight is 214 g/mol. The number of hydrogen-bond acceptors (Lipinski definition) is 3. The number of hydrogen-bond donors (Lipinski definition) is 2. The predicted molar refractivity (Wildman–Crippen MR) is 59.5 cm³/mol. The van der Waals surface area contributed by atoms with Crippen molar-refractivity contribution in [3.63, 3.8) is 0 Å². The number of rotatable bonds is 5. The quantitative estimate of drug-likeness (QED) is 0.711. The Labute approximate surface area is 91.5 Å². The van der Waals surface area contributed by atoms with Crippen molar-refractivity contribution in [3.8, 4) is 0 Å². The minimum absolute atomic E-state index is 0.00116. The third kappa shape index (κ3) is 4.62. The molecule has 2 unspecified atom stereocenters. The number of ether oxygens (including phenoxy) is 1. The molecule has 1 aliphatic rings. The van der Waals surface area contributed by atoms with Crippen LogP contribution in [-0.2, 0) is 9.53 Å². The molecule has 88 valence electrons. The van der Waals surface area contributed by atoms with E-state index in [1.807, 2.05) is 0 Å². The monoisotopic (exact) mass is 214 g/mol. The van der Waals surface area contributed by atoms with Crippen molar-refractivity contribution in [1.82, 2.24) is 5.32 Å². The summed E-state index contributed by atoms with van der Waals surface area (Å²) in [5.74, 6) is 0.00116. The van der Waals surface area contributed by atoms with E-state index in [0.717, 1.165) is 32.1 Å². The molecule has 0 saturated carbocycles. The SMILES string of the molecule is CCCC(N)CNC(=O)C1CCCCO1. The zero-order valence-corrected chi connectivity index (χ0v) is 9.50. The van der Waals surface area contributed by atoms with E-state index in [1.165, 1.54) is 0 Å². The molecule has 1 heterocycles. The lowest BCUT2D eigenvalue weighted by molar-refractivity contribution is -0.135. The van der Waals surface area contributed by atoms with Crippen LogP contribution in [0.3, 0.4) is 0 Å². The predicted octanol–water partition coefficient (Wildman–Crippen LogP) is 0.799. The molecule has 1 rings (SSSR count). The van der Waals surface area contributed by atoms with Crippen LogP contribution in [0.1, 0.15) is 39.0 Å². The first-order valence-corrected chi connectivity index (χ1v) is 5.89. The lowest BCUT2D eigenvalue weighted by atomic mass is 10.1. The van der Waals surface area contributed by atoms with E-state index < -0.39 is 0 Å². The number of nitrogens with two attached hydrogens (primary N) is 1. The first-order valence-electron chi connectivity index (χ1n) is 5.89. The van der Waals surface area contributed by atoms with E-state index in [4.69, 9.17) is 10.5 Å². The molecule has 0 aliphatic carbocycles. The largest absolute Gasteiger partial charge is 0.368 e. The molecule has 0 bridgehead atoms. The minimum atomic E-state index is -0.243. The maximum Gasteiger partial charge on any atom is 0.249 e. The molecular formula is C11H22N2O2. The fraction of sp³-hybridized carbons (Fsp3) is 0.909. The second-order valence-corrected chi connectivity index (χ2v) is 4.15. The highest BCUT2D eigenvalue weighted by molar-refractivity contribution is 5.80. The van der Waals surface area contributed by atoms with Gasteiger partial charge in [-0.1, -0.05) is 13.3 Å². The van der Waals surface area contributed by atoms with Crippen LogP contribution in [0.4, 0.5) is 0 Å². The Morgan fingerprint density at radius 1 is 1.60 bits per heavy atom. The van der Waals surface area contributed by atoms with Gasteiger partial charge in [-0.2, -0.15) is 0 Å². The molecule has 4 nitrogen and oxygen atoms in total. The molecule has 0 aromatic rings. The van der Waals surface area contributed by atoms with Gasteiger partial charge >= 0.3 is 0 Å². The maximum absolute atomic E-state index is 11.6. The smallest absolute Gasteiger partial charge is 0.249 e. The minimum Gasteiger partial charge on any atom is -0.368 e. The topological polar surface area (TPSA) is 64.3 Å². The zero-order valence-electron chi connectivity index (χ0n) is 9.50. The summed E-state index contributed by atoms with van der Waals surface area (Å²) in [7, 11) is 0. The van der Waals surface area contributed by atoms with Gasteiger partial charge in [0.05, 0.1) is 0 Å². The number of amides is 1. The van der Waals surface area contributed by atoms with Crippen molar-refractivity contribution in [2.24, 2.45) is 5.73 Å². The molecule has 4 heteroatoms. The van der Waals surface area contributed by atoms with Crippen LogP contribution in [0.15, 0.2) is 0 Å². The fourth-order valence-corrected chi connectivity index (χ4v) is 1.77. The highest BCUT2D eigenvalue weighted by Crippen LogP contribution is 2.12. The van der Waals surface area contributed by atoms with Gasteiger partial charge in [0.15, 0.2) is 0 Å². The first-order chi connectivity index (χ1) is 7.24. The van der Waals surface area contributed by atoms with Gasteiger partial charge < -0.3 is 15.8 Å². The summed E-state index contributed by atoms with van der Waals surface area (Å²) in [4.78, 5) is 11.6. The first kappa shape index (κ1) is 12.5. The third-order valence-electron chi connectivity index (χ3n) is 2.67. The standard InChI is InChI=1S/C11H22N2O2/c1-2-5-9(12)8-13-11(14)10-6-3-4-7-15-10/h9-10H,2-8,12H2,1H3,(H,13,14). The van der Waals surface area contributed by atoms with E-state index in [-0.39, 0.29) is 18.1 Å². The molecule has 1 saturated heterocycles. The van der Waals surface area contributed by atoms with Crippen LogP contribution in [-0.4, -0.2) is 31.2 Å². The normalized spacial score (nSPS) is 23.5. The van der Waals surface area contributed by atoms with Gasteiger partial charge in [0, 0.05) is 19.2 Å². The van der Waals surface area contributed by atoms with Crippen LogP contribution >= 0.6 is 0 Å². The van der Waals surface area contributed by atoms with Crippen LogP contribution in [0, 0.1) is 0 Å². The van der Waals surface area contributed by atoms with Crippen LogP contribution in [0.2, 0.25) is 0 Å². The highest BCUT2D eigenvalue weighted by atomic mass is 16.5. The van der Waals surface area contributed by atoms with Gasteiger partial charge in [0.25, 0.3) is 0 Å². The molecular weight excluding hydrogens is 192 g/mol. The average Bonchev–Trinajstić information content (AvgIpc) is 2.27. The molecule has 3 N–H and O–H groups in total. The third-order valence-corrected chi connectivity index (χ3v) is 2.67. The molecule has 1 fully saturated rings. The van der Waals surface area contributed by atoms with E-state index in [1.54, 1.807) is 0 Å². The summed E-state index contributed by atoms with van der Waals surface area (Å²) in [6.45, 7) is 3.36. The van der Waals surface area contributed by atoms with Crippen LogP contribution in [0.25, 0.3) is 0 Å². The second-order valence-electron chi connectivity index (χ2n) is 4.15. The van der Waals surface area contributed by atoms with E-state index >= 15 is 0 Å². The Balaban J connectivity index is 2.16. The lowest BCUT2D eigenvalue weighted by Gasteiger charge is -2.22. The molecule has 0 spiro atoms. The Bertz CT molecular complexity index is 191. The second kappa shape index (κ2) is 6.80. The van der Waals surface area contributed by atoms with Crippen molar-refractivity contribution in [2.45, 2.75) is 51.2 Å². The van der Waals surface area contributed by atoms with E-state index in [0.29, 0.717) is 13.2 Å². The molecule has 1 aliphatic heterocycles. The van der Waals surface area contributed by atoms with Crippen molar-refractivity contribution in [1.29, 1.82) is 0 Å². The summed E-state index contributed by atoms with van der Waals surface area (Å²) in [6.07, 6.45) is 4.75. The Kier molecular flexibility index (Phi) is 5.65. The zero-order chi connectivity index (χ0) is 11.1. The van der Waals surface area contributed by atoms with Gasteiger partial charge in [-0.05, 0) is 25.7 Å². The summed E-state index contributed by atoms with van der Waals surface area (Å²) in [5, 5.41) is 2.85. The molecule has 2 atom stereocenters. The van der Waals surface area contributed by atoms with Gasteiger partial charge in [-0.3, -0.25) is 4.79 Å². The van der Waals surface area contributed by atoms with Gasteiger partial charge in [-0.15, -0.1) is 0 Å². The number of nitrogens with one attached hydrogen (secondary N) is 1. The summed E-state index contributed by atoms with van der Waals surface area (Å²) in [5.41, 5.74) is 5.81. The van der Waals surface area contributed by atoms with E-state index in [9.17, 15) is 4.79 Å². The molecule has 15 heavy (non-hydrogen) atoms. The Morgan fingerprint density at radius 2 is 2.40 bits per heavy atom. The Hall–Kier alpha value is -0.610. The molecule has 0 aromatic heterocycles. The fourth-order valence-electron chi connectivity index (χ4n) is 1.77. The van der Waals surface area contributed by atoms with Gasteiger partial charge in [-0.25, -0.2) is 0 Å². The van der Waals surface area contributed by atoms with Gasteiger partial charge in [0.1, 0.15) is 6.10 Å². The number of carbonyl (C=O) groups excluding carboxylic acids is 1. The number of carbonyl (C=O) groups is 1. The summed E-state index contributed by atoms with van der Waals surface area (Å²) >= 11 is 0. The van der Waals surface area contributed by atoms with Crippen molar-refractivity contribution in [3.05, 3.63) is 0 Å². The maximum atomic E-state index is 11.6. The van der Waals surface area contributed by atoms with Gasteiger partial charge in [0.2, 0.25) is 5.91 Å². The summed E-state index contributed by atoms with van der Waals surface area (Å²) < 4.78 is 5.38. The lowest BCUT2D eigenvalue weighted by Crippen LogP contribution is -2.43. The van der Waals surface area contributed by atoms with E-state index in [2.05, 4.69) is 12.2 Å². The highest BCUT2D eigenvalue weighted by Gasteiger charge is 2.21. The Morgan fingerprint density at radius 3 is 3.00 bits per heavy atom. The van der Waals surface area contributed by atoms with Crippen molar-refractivity contribution >= 4 is 5.91 Å². The van der Waals surface area contributed by atoms with Crippen LogP contribution < -0.4 is 11.1 Å². The van der Waals surface area contributed by atoms with Crippen molar-refractivity contribution < 1.29 is 9.53 Å². The van der Waals surface area contributed by atoms with Crippen LogP contribution in [0.5, 0.6) is 0 Å².